The number of aliphatic hydroxyl groups excluding tert-OH is 1. The number of likely N-dealkylation sites (tertiary alicyclic amines) is 1. The highest BCUT2D eigenvalue weighted by molar-refractivity contribution is 6.46. The molecule has 8 nitrogen and oxygen atoms in total. The van der Waals surface area contributed by atoms with Crippen LogP contribution in [0.3, 0.4) is 0 Å². The number of rotatable bonds is 10. The largest absolute Gasteiger partial charge is 0.507 e. The van der Waals surface area contributed by atoms with E-state index >= 15 is 0 Å². The van der Waals surface area contributed by atoms with E-state index in [9.17, 15) is 14.7 Å². The summed E-state index contributed by atoms with van der Waals surface area (Å²) in [5.41, 5.74) is 1.21. The molecule has 0 spiro atoms. The van der Waals surface area contributed by atoms with Gasteiger partial charge >= 0.3 is 0 Å². The summed E-state index contributed by atoms with van der Waals surface area (Å²) < 4.78 is 16.8. The Bertz CT molecular complexity index is 1120. The van der Waals surface area contributed by atoms with Crippen molar-refractivity contribution in [2.45, 2.75) is 33.2 Å². The normalized spacial score (nSPS) is 18.7. The van der Waals surface area contributed by atoms with E-state index in [2.05, 4.69) is 18.7 Å². The van der Waals surface area contributed by atoms with Crippen molar-refractivity contribution in [2.24, 2.45) is 0 Å². The number of benzene rings is 2. The predicted molar refractivity (Wildman–Crippen MR) is 136 cm³/mol. The average Bonchev–Trinajstić information content (AvgIpc) is 3.16. The van der Waals surface area contributed by atoms with Gasteiger partial charge in [0.2, 0.25) is 0 Å². The molecule has 8 heteroatoms. The number of amides is 1. The van der Waals surface area contributed by atoms with Crippen molar-refractivity contribution in [3.8, 4) is 17.2 Å². The lowest BCUT2D eigenvalue weighted by Gasteiger charge is -2.27. The molecule has 2 aliphatic heterocycles. The maximum absolute atomic E-state index is 13.3. The first kappa shape index (κ1) is 25.6. The third-order valence-corrected chi connectivity index (χ3v) is 6.63. The van der Waals surface area contributed by atoms with E-state index in [0.717, 1.165) is 25.2 Å². The Labute approximate surface area is 212 Å². The summed E-state index contributed by atoms with van der Waals surface area (Å²) in [4.78, 5) is 30.3. The van der Waals surface area contributed by atoms with Gasteiger partial charge < -0.3 is 29.1 Å². The third kappa shape index (κ3) is 5.18. The molecule has 4 rings (SSSR count). The van der Waals surface area contributed by atoms with Crippen LogP contribution < -0.4 is 14.2 Å². The molecule has 1 fully saturated rings. The Kier molecular flexibility index (Phi) is 8.15. The predicted octanol–water partition coefficient (Wildman–Crippen LogP) is 4.01. The highest BCUT2D eigenvalue weighted by atomic mass is 16.6. The molecule has 0 aromatic heterocycles. The van der Waals surface area contributed by atoms with Crippen LogP contribution in [0.4, 0.5) is 0 Å². The first-order valence-corrected chi connectivity index (χ1v) is 12.6. The number of carbonyl (C=O) groups is 2. The lowest BCUT2D eigenvalue weighted by molar-refractivity contribution is -0.140. The van der Waals surface area contributed by atoms with Crippen LogP contribution in [0.2, 0.25) is 0 Å². The summed E-state index contributed by atoms with van der Waals surface area (Å²) in [6.45, 7) is 10.6. The Morgan fingerprint density at radius 3 is 2.39 bits per heavy atom. The molecule has 1 unspecified atom stereocenters. The lowest BCUT2D eigenvalue weighted by atomic mass is 9.95. The molecule has 2 aromatic rings. The maximum atomic E-state index is 13.3. The van der Waals surface area contributed by atoms with Gasteiger partial charge in [-0.05, 0) is 68.9 Å². The van der Waals surface area contributed by atoms with E-state index in [1.807, 2.05) is 31.2 Å². The topological polar surface area (TPSA) is 88.5 Å². The van der Waals surface area contributed by atoms with Crippen LogP contribution >= 0.6 is 0 Å². The van der Waals surface area contributed by atoms with Crippen molar-refractivity contribution in [3.63, 3.8) is 0 Å². The van der Waals surface area contributed by atoms with Crippen LogP contribution in [0.1, 0.15) is 44.4 Å². The number of hydrogen-bond acceptors (Lipinski definition) is 7. The molecule has 2 aromatic carbocycles. The van der Waals surface area contributed by atoms with Crippen molar-refractivity contribution in [2.75, 3.05) is 46.0 Å². The van der Waals surface area contributed by atoms with Gasteiger partial charge in [0.25, 0.3) is 11.7 Å². The highest BCUT2D eigenvalue weighted by Crippen LogP contribution is 2.41. The van der Waals surface area contributed by atoms with Crippen LogP contribution in [0.15, 0.2) is 48.0 Å². The van der Waals surface area contributed by atoms with Crippen LogP contribution in [0, 0.1) is 0 Å². The van der Waals surface area contributed by atoms with E-state index in [0.29, 0.717) is 55.6 Å². The number of fused-ring (bicyclic) bond motifs is 1. The molecule has 1 N–H and O–H groups in total. The molecule has 1 saturated heterocycles. The number of carbonyl (C=O) groups excluding carboxylic acids is 2. The molecule has 0 saturated carbocycles. The molecule has 2 aliphatic rings. The van der Waals surface area contributed by atoms with Crippen LogP contribution in [-0.2, 0) is 9.59 Å². The minimum absolute atomic E-state index is 0.0728. The minimum Gasteiger partial charge on any atom is -0.507 e. The van der Waals surface area contributed by atoms with Gasteiger partial charge in [0, 0.05) is 12.1 Å². The summed E-state index contributed by atoms with van der Waals surface area (Å²) in [7, 11) is 0. The molecule has 2 heterocycles. The number of ketones is 1. The zero-order valence-electron chi connectivity index (χ0n) is 21.2. The van der Waals surface area contributed by atoms with E-state index in [-0.39, 0.29) is 11.3 Å². The molecular weight excluding hydrogens is 460 g/mol. The van der Waals surface area contributed by atoms with Gasteiger partial charge in [0.15, 0.2) is 11.5 Å². The second-order valence-corrected chi connectivity index (χ2v) is 8.73. The SMILES string of the molecule is CCOc1ccc(C2/C(=C(/O)c3ccc4c(c3)OCCO4)C(=O)C(=O)N2CCCN(CC)CC)cc1. The fraction of sp³-hybridized carbons (Fsp3) is 0.429. The Morgan fingerprint density at radius 1 is 1.03 bits per heavy atom. The molecule has 192 valence electrons. The van der Waals surface area contributed by atoms with Gasteiger partial charge in [0.1, 0.15) is 24.7 Å². The van der Waals surface area contributed by atoms with E-state index in [1.54, 1.807) is 23.1 Å². The van der Waals surface area contributed by atoms with Crippen LogP contribution in [-0.4, -0.2) is 72.6 Å². The molecule has 1 atom stereocenters. The van der Waals surface area contributed by atoms with E-state index in [1.165, 1.54) is 0 Å². The number of Topliss-reactive ketones (excluding diaryl/α,β-unsaturated/α-hetero) is 1. The second kappa shape index (κ2) is 11.5. The lowest BCUT2D eigenvalue weighted by Crippen LogP contribution is -2.33. The van der Waals surface area contributed by atoms with Gasteiger partial charge in [-0.15, -0.1) is 0 Å². The number of nitrogens with zero attached hydrogens (tertiary/aromatic N) is 2. The fourth-order valence-electron chi connectivity index (χ4n) is 4.72. The first-order valence-electron chi connectivity index (χ1n) is 12.6. The smallest absolute Gasteiger partial charge is 0.295 e. The molecule has 1 amide bonds. The minimum atomic E-state index is -0.703. The van der Waals surface area contributed by atoms with Crippen LogP contribution in [0.5, 0.6) is 17.2 Å². The quantitative estimate of drug-likeness (QED) is 0.303. The molecule has 0 radical (unpaired) electrons. The van der Waals surface area contributed by atoms with E-state index < -0.39 is 17.7 Å². The summed E-state index contributed by atoms with van der Waals surface area (Å²) in [5, 5.41) is 11.3. The molecule has 0 aliphatic carbocycles. The Hall–Kier alpha value is -3.52. The standard InChI is InChI=1S/C28H34N2O6/c1-4-29(5-2)14-7-15-30-25(19-8-11-21(12-9-19)34-6-3)24(27(32)28(30)33)26(31)20-10-13-22-23(18-20)36-17-16-35-22/h8-13,18,25,31H,4-7,14-17H2,1-3H3/b26-24-. The number of hydrogen-bond donors (Lipinski definition) is 1. The van der Waals surface area contributed by atoms with Crippen molar-refractivity contribution < 1.29 is 28.9 Å². The van der Waals surface area contributed by atoms with Crippen molar-refractivity contribution in [1.82, 2.24) is 9.80 Å². The zero-order valence-corrected chi connectivity index (χ0v) is 21.2. The van der Waals surface area contributed by atoms with Crippen LogP contribution in [0.25, 0.3) is 5.76 Å². The summed E-state index contributed by atoms with van der Waals surface area (Å²) >= 11 is 0. The Morgan fingerprint density at radius 2 is 1.72 bits per heavy atom. The molecule has 0 bridgehead atoms. The van der Waals surface area contributed by atoms with Gasteiger partial charge in [-0.3, -0.25) is 9.59 Å². The van der Waals surface area contributed by atoms with Crippen molar-refractivity contribution in [1.29, 1.82) is 0 Å². The van der Waals surface area contributed by atoms with Crippen molar-refractivity contribution in [3.05, 3.63) is 59.2 Å². The molecular formula is C28H34N2O6. The fourth-order valence-corrected chi connectivity index (χ4v) is 4.72. The number of ether oxygens (including phenoxy) is 3. The van der Waals surface area contributed by atoms with Crippen molar-refractivity contribution >= 4 is 17.4 Å². The first-order chi connectivity index (χ1) is 17.5. The molecule has 36 heavy (non-hydrogen) atoms. The summed E-state index contributed by atoms with van der Waals surface area (Å²) in [6.07, 6.45) is 0.715. The number of aliphatic hydroxyl groups is 1. The summed E-state index contributed by atoms with van der Waals surface area (Å²) in [5.74, 6) is 0.257. The maximum Gasteiger partial charge on any atom is 0.295 e. The van der Waals surface area contributed by atoms with Gasteiger partial charge in [-0.25, -0.2) is 0 Å². The third-order valence-electron chi connectivity index (χ3n) is 6.63. The second-order valence-electron chi connectivity index (χ2n) is 8.73. The van der Waals surface area contributed by atoms with Gasteiger partial charge in [0.05, 0.1) is 18.2 Å². The monoisotopic (exact) mass is 494 g/mol. The summed E-state index contributed by atoms with van der Waals surface area (Å²) in [6, 6.07) is 11.6. The average molecular weight is 495 g/mol. The Balaban J connectivity index is 1.72. The van der Waals surface area contributed by atoms with E-state index in [4.69, 9.17) is 14.2 Å². The van der Waals surface area contributed by atoms with Gasteiger partial charge in [-0.2, -0.15) is 0 Å². The highest BCUT2D eigenvalue weighted by Gasteiger charge is 2.45. The van der Waals surface area contributed by atoms with Gasteiger partial charge in [-0.1, -0.05) is 26.0 Å². The zero-order chi connectivity index (χ0) is 25.7.